The molecule has 0 saturated carbocycles. The molecule has 22 heavy (non-hydrogen) atoms. The van der Waals surface area contributed by atoms with Gasteiger partial charge in [0.25, 0.3) is 0 Å². The first-order valence-electron chi connectivity index (χ1n) is 7.05. The molecule has 2 aromatic rings. The standard InChI is InChI=1S/C16H16BrNO3S/c17-14-6-2-4-8-16(14)22(19,20)18-11-13-10-9-12-5-1-3-7-15(12)21-13/h1-8,13,18H,9-11H2. The molecule has 0 bridgehead atoms. The van der Waals surface area contributed by atoms with Gasteiger partial charge in [0.15, 0.2) is 0 Å². The molecule has 0 radical (unpaired) electrons. The lowest BCUT2D eigenvalue weighted by atomic mass is 10.0. The Kier molecular flexibility index (Phi) is 4.52. The maximum absolute atomic E-state index is 12.3. The van der Waals surface area contributed by atoms with Gasteiger partial charge in [0.2, 0.25) is 10.0 Å². The molecule has 6 heteroatoms. The van der Waals surface area contributed by atoms with E-state index in [4.69, 9.17) is 4.74 Å². The largest absolute Gasteiger partial charge is 0.489 e. The van der Waals surface area contributed by atoms with Crippen molar-refractivity contribution >= 4 is 26.0 Å². The first-order valence-corrected chi connectivity index (χ1v) is 9.32. The first-order chi connectivity index (χ1) is 10.6. The fourth-order valence-electron chi connectivity index (χ4n) is 2.47. The highest BCUT2D eigenvalue weighted by atomic mass is 79.9. The predicted molar refractivity (Wildman–Crippen MR) is 88.5 cm³/mol. The summed E-state index contributed by atoms with van der Waals surface area (Å²) in [6, 6.07) is 14.6. The molecule has 1 aliphatic rings. The zero-order chi connectivity index (χ0) is 15.6. The fourth-order valence-corrected chi connectivity index (χ4v) is 4.53. The average Bonchev–Trinajstić information content (AvgIpc) is 2.53. The van der Waals surface area contributed by atoms with Crippen molar-refractivity contribution in [3.8, 4) is 5.75 Å². The number of aryl methyl sites for hydroxylation is 1. The maximum Gasteiger partial charge on any atom is 0.241 e. The molecule has 4 nitrogen and oxygen atoms in total. The van der Waals surface area contributed by atoms with E-state index in [0.717, 1.165) is 18.6 Å². The van der Waals surface area contributed by atoms with Crippen LogP contribution in [0.15, 0.2) is 57.9 Å². The molecular weight excluding hydrogens is 366 g/mol. The van der Waals surface area contributed by atoms with Crippen molar-refractivity contribution in [2.75, 3.05) is 6.54 Å². The van der Waals surface area contributed by atoms with Crippen LogP contribution in [0.3, 0.4) is 0 Å². The van der Waals surface area contributed by atoms with Crippen LogP contribution >= 0.6 is 15.9 Å². The zero-order valence-electron chi connectivity index (χ0n) is 11.8. The van der Waals surface area contributed by atoms with Crippen LogP contribution in [0.1, 0.15) is 12.0 Å². The van der Waals surface area contributed by atoms with Gasteiger partial charge in [-0.15, -0.1) is 0 Å². The minimum atomic E-state index is -3.54. The Morgan fingerprint density at radius 1 is 1.14 bits per heavy atom. The number of rotatable bonds is 4. The Balaban J connectivity index is 1.67. The van der Waals surface area contributed by atoms with E-state index in [-0.39, 0.29) is 17.5 Å². The molecule has 3 rings (SSSR count). The van der Waals surface area contributed by atoms with Crippen molar-refractivity contribution in [1.29, 1.82) is 0 Å². The summed E-state index contributed by atoms with van der Waals surface area (Å²) in [6.07, 6.45) is 1.56. The van der Waals surface area contributed by atoms with E-state index in [1.807, 2.05) is 24.3 Å². The summed E-state index contributed by atoms with van der Waals surface area (Å²) in [5.41, 5.74) is 1.17. The van der Waals surface area contributed by atoms with E-state index in [1.165, 1.54) is 5.56 Å². The van der Waals surface area contributed by atoms with Gasteiger partial charge in [0.05, 0.1) is 4.90 Å². The maximum atomic E-state index is 12.3. The number of benzene rings is 2. The van der Waals surface area contributed by atoms with Gasteiger partial charge in [-0.3, -0.25) is 0 Å². The van der Waals surface area contributed by atoms with Crippen LogP contribution < -0.4 is 9.46 Å². The van der Waals surface area contributed by atoms with Crippen LogP contribution in [0.25, 0.3) is 0 Å². The van der Waals surface area contributed by atoms with Gasteiger partial charge in [-0.25, -0.2) is 13.1 Å². The van der Waals surface area contributed by atoms with Gasteiger partial charge < -0.3 is 4.74 Å². The highest BCUT2D eigenvalue weighted by Crippen LogP contribution is 2.27. The quantitative estimate of drug-likeness (QED) is 0.884. The second kappa shape index (κ2) is 6.40. The van der Waals surface area contributed by atoms with Gasteiger partial charge in [-0.1, -0.05) is 30.3 Å². The average molecular weight is 382 g/mol. The van der Waals surface area contributed by atoms with Gasteiger partial charge in [0, 0.05) is 11.0 Å². The summed E-state index contributed by atoms with van der Waals surface area (Å²) in [6.45, 7) is 0.262. The fraction of sp³-hybridized carbons (Fsp3) is 0.250. The predicted octanol–water partition coefficient (Wildman–Crippen LogP) is 3.12. The molecule has 116 valence electrons. The Bertz CT molecular complexity index is 776. The minimum absolute atomic E-state index is 0.146. The molecule has 0 fully saturated rings. The Morgan fingerprint density at radius 3 is 2.68 bits per heavy atom. The molecule has 1 aliphatic heterocycles. The highest BCUT2D eigenvalue weighted by Gasteiger charge is 2.23. The topological polar surface area (TPSA) is 55.4 Å². The van der Waals surface area contributed by atoms with Crippen molar-refractivity contribution in [2.24, 2.45) is 0 Å². The van der Waals surface area contributed by atoms with Crippen molar-refractivity contribution < 1.29 is 13.2 Å². The van der Waals surface area contributed by atoms with Gasteiger partial charge in [-0.05, 0) is 52.5 Å². The number of fused-ring (bicyclic) bond motifs is 1. The smallest absolute Gasteiger partial charge is 0.241 e. The summed E-state index contributed by atoms with van der Waals surface area (Å²) in [5, 5.41) is 0. The molecule has 1 N–H and O–H groups in total. The molecule has 1 heterocycles. The molecule has 2 aromatic carbocycles. The molecule has 0 spiro atoms. The zero-order valence-corrected chi connectivity index (χ0v) is 14.2. The van der Waals surface area contributed by atoms with E-state index in [2.05, 4.69) is 20.7 Å². The SMILES string of the molecule is O=S(=O)(NCC1CCc2ccccc2O1)c1ccccc1Br. The summed E-state index contributed by atoms with van der Waals surface area (Å²) in [7, 11) is -3.54. The van der Waals surface area contributed by atoms with Crippen LogP contribution in [0.2, 0.25) is 0 Å². The van der Waals surface area contributed by atoms with Crippen LogP contribution in [-0.4, -0.2) is 21.1 Å². The van der Waals surface area contributed by atoms with Crippen molar-refractivity contribution in [1.82, 2.24) is 4.72 Å². The third kappa shape index (κ3) is 3.34. The van der Waals surface area contributed by atoms with E-state index >= 15 is 0 Å². The summed E-state index contributed by atoms with van der Waals surface area (Å²) < 4.78 is 33.7. The second-order valence-corrected chi connectivity index (χ2v) is 7.76. The number of nitrogens with one attached hydrogen (secondary N) is 1. The molecule has 0 saturated heterocycles. The number of ether oxygens (including phenoxy) is 1. The van der Waals surface area contributed by atoms with E-state index in [1.54, 1.807) is 24.3 Å². The van der Waals surface area contributed by atoms with Crippen LogP contribution in [0, 0.1) is 0 Å². The number of sulfonamides is 1. The van der Waals surface area contributed by atoms with Crippen molar-refractivity contribution in [3.05, 3.63) is 58.6 Å². The van der Waals surface area contributed by atoms with E-state index < -0.39 is 10.0 Å². The van der Waals surface area contributed by atoms with Gasteiger partial charge in [-0.2, -0.15) is 0 Å². The monoisotopic (exact) mass is 381 g/mol. The first kappa shape index (κ1) is 15.5. The minimum Gasteiger partial charge on any atom is -0.489 e. The van der Waals surface area contributed by atoms with Crippen molar-refractivity contribution in [2.45, 2.75) is 23.8 Å². The Morgan fingerprint density at radius 2 is 1.86 bits per heavy atom. The highest BCUT2D eigenvalue weighted by molar-refractivity contribution is 9.10. The Hall–Kier alpha value is -1.37. The summed E-state index contributed by atoms with van der Waals surface area (Å²) in [4.78, 5) is 0.242. The Labute approximate surface area is 138 Å². The van der Waals surface area contributed by atoms with Crippen LogP contribution in [-0.2, 0) is 16.4 Å². The molecule has 1 atom stereocenters. The lowest BCUT2D eigenvalue weighted by Crippen LogP contribution is -2.37. The third-order valence-electron chi connectivity index (χ3n) is 3.63. The summed E-state index contributed by atoms with van der Waals surface area (Å²) >= 11 is 3.27. The third-order valence-corrected chi connectivity index (χ3v) is 6.06. The molecule has 0 aromatic heterocycles. The van der Waals surface area contributed by atoms with Crippen LogP contribution in [0.4, 0.5) is 0 Å². The second-order valence-electron chi connectivity index (χ2n) is 5.17. The molecule has 0 amide bonds. The normalized spacial score (nSPS) is 17.6. The lowest BCUT2D eigenvalue weighted by Gasteiger charge is -2.26. The van der Waals surface area contributed by atoms with Crippen LogP contribution in [0.5, 0.6) is 5.75 Å². The number of para-hydroxylation sites is 1. The number of halogens is 1. The van der Waals surface area contributed by atoms with Gasteiger partial charge in [0.1, 0.15) is 11.9 Å². The lowest BCUT2D eigenvalue weighted by molar-refractivity contribution is 0.177. The van der Waals surface area contributed by atoms with Gasteiger partial charge >= 0.3 is 0 Å². The molecule has 1 unspecified atom stereocenters. The summed E-state index contributed by atoms with van der Waals surface area (Å²) in [5.74, 6) is 0.846. The molecule has 0 aliphatic carbocycles. The number of hydrogen-bond acceptors (Lipinski definition) is 3. The van der Waals surface area contributed by atoms with E-state index in [9.17, 15) is 8.42 Å². The van der Waals surface area contributed by atoms with E-state index in [0.29, 0.717) is 4.47 Å². The van der Waals surface area contributed by atoms with Crippen molar-refractivity contribution in [3.63, 3.8) is 0 Å². The molecular formula is C16H16BrNO3S. The number of hydrogen-bond donors (Lipinski definition) is 1.